The number of rotatable bonds is 6. The molecule has 0 spiro atoms. The van der Waals surface area contributed by atoms with Crippen LogP contribution in [0, 0.1) is 0 Å². The summed E-state index contributed by atoms with van der Waals surface area (Å²) in [5.74, 6) is 0. The largest absolute Gasteiger partial charge is 0.393 e. The van der Waals surface area contributed by atoms with Crippen LogP contribution >= 0.6 is 11.8 Å². The Morgan fingerprint density at radius 2 is 1.70 bits per heavy atom. The highest BCUT2D eigenvalue weighted by atomic mass is 32.2. The molecule has 0 radical (unpaired) electrons. The fourth-order valence-electron chi connectivity index (χ4n) is 1.62. The molecule has 4 heteroatoms. The number of benzene rings is 2. The van der Waals surface area contributed by atoms with E-state index in [0.717, 1.165) is 11.3 Å². The predicted octanol–water partition coefficient (Wildman–Crippen LogP) is 3.57. The van der Waals surface area contributed by atoms with Gasteiger partial charge in [0.25, 0.3) is 0 Å². The molecule has 0 fully saturated rings. The van der Waals surface area contributed by atoms with Crippen LogP contribution in [0.4, 0.5) is 0 Å². The molecule has 0 saturated carbocycles. The van der Waals surface area contributed by atoms with Gasteiger partial charge in [-0.15, -0.1) is 0 Å². The van der Waals surface area contributed by atoms with Crippen LogP contribution in [0.5, 0.6) is 0 Å². The first-order chi connectivity index (χ1) is 9.79. The Morgan fingerprint density at radius 3 is 2.35 bits per heavy atom. The van der Waals surface area contributed by atoms with Crippen molar-refractivity contribution in [3.05, 3.63) is 60.2 Å². The van der Waals surface area contributed by atoms with Crippen LogP contribution in [0.3, 0.4) is 0 Å². The number of aliphatic hydroxyl groups excluding tert-OH is 1. The Hall–Kier alpha value is -1.78. The topological polar surface area (TPSA) is 41.8 Å². The molecular formula is C16H17NO2S. The van der Waals surface area contributed by atoms with Gasteiger partial charge < -0.3 is 9.94 Å². The highest BCUT2D eigenvalue weighted by Crippen LogP contribution is 2.27. The average molecular weight is 287 g/mol. The molecule has 0 bridgehead atoms. The van der Waals surface area contributed by atoms with Gasteiger partial charge in [0.2, 0.25) is 0 Å². The molecule has 0 aliphatic rings. The first-order valence-corrected chi connectivity index (χ1v) is 7.22. The van der Waals surface area contributed by atoms with Gasteiger partial charge in [-0.2, -0.15) is 0 Å². The second kappa shape index (κ2) is 7.72. The summed E-state index contributed by atoms with van der Waals surface area (Å²) < 4.78 is 0. The van der Waals surface area contributed by atoms with E-state index in [1.54, 1.807) is 11.8 Å². The third-order valence-electron chi connectivity index (χ3n) is 2.64. The molecule has 20 heavy (non-hydrogen) atoms. The third kappa shape index (κ3) is 4.40. The Labute approximate surface area is 123 Å². The van der Waals surface area contributed by atoms with Gasteiger partial charge in [-0.3, -0.25) is 0 Å². The molecule has 2 aromatic rings. The van der Waals surface area contributed by atoms with E-state index in [-0.39, 0.29) is 13.2 Å². The lowest BCUT2D eigenvalue weighted by molar-refractivity contribution is 0.0986. The van der Waals surface area contributed by atoms with Gasteiger partial charge in [-0.25, -0.2) is 0 Å². The lowest BCUT2D eigenvalue weighted by atomic mass is 10.1. The van der Waals surface area contributed by atoms with Crippen LogP contribution < -0.4 is 0 Å². The van der Waals surface area contributed by atoms with E-state index in [4.69, 9.17) is 9.94 Å². The fourth-order valence-corrected chi connectivity index (χ4v) is 2.46. The summed E-state index contributed by atoms with van der Waals surface area (Å²) in [6, 6.07) is 18.4. The van der Waals surface area contributed by atoms with Crippen molar-refractivity contribution in [1.29, 1.82) is 0 Å². The summed E-state index contributed by atoms with van der Waals surface area (Å²) in [7, 11) is 0. The summed E-state index contributed by atoms with van der Waals surface area (Å²) in [6.07, 6.45) is 0. The summed E-state index contributed by atoms with van der Waals surface area (Å²) in [6.45, 7) is 2.08. The summed E-state index contributed by atoms with van der Waals surface area (Å²) in [4.78, 5) is 7.36. The van der Waals surface area contributed by atoms with Crippen molar-refractivity contribution in [3.8, 4) is 0 Å². The molecule has 0 aromatic heterocycles. The van der Waals surface area contributed by atoms with Crippen LogP contribution in [0.25, 0.3) is 0 Å². The van der Waals surface area contributed by atoms with Gasteiger partial charge in [0.1, 0.15) is 6.61 Å². The van der Waals surface area contributed by atoms with Crippen molar-refractivity contribution in [3.63, 3.8) is 0 Å². The van der Waals surface area contributed by atoms with Crippen molar-refractivity contribution in [2.75, 3.05) is 13.2 Å². The zero-order chi connectivity index (χ0) is 14.2. The second-order valence-corrected chi connectivity index (χ2v) is 5.32. The summed E-state index contributed by atoms with van der Waals surface area (Å²) >= 11 is 1.73. The molecule has 104 valence electrons. The maximum absolute atomic E-state index is 8.63. The van der Waals surface area contributed by atoms with Gasteiger partial charge in [-0.1, -0.05) is 47.2 Å². The Balaban J connectivity index is 2.01. The average Bonchev–Trinajstić information content (AvgIpc) is 2.49. The number of oxime groups is 1. The Kier molecular flexibility index (Phi) is 5.65. The van der Waals surface area contributed by atoms with Crippen LogP contribution in [-0.2, 0) is 4.84 Å². The Bertz CT molecular complexity index is 552. The molecule has 0 saturated heterocycles. The van der Waals surface area contributed by atoms with Gasteiger partial charge in [0.15, 0.2) is 0 Å². The summed E-state index contributed by atoms with van der Waals surface area (Å²) in [5.41, 5.74) is 1.81. The van der Waals surface area contributed by atoms with Gasteiger partial charge >= 0.3 is 0 Å². The second-order valence-electron chi connectivity index (χ2n) is 4.17. The van der Waals surface area contributed by atoms with Gasteiger partial charge in [0, 0.05) is 9.79 Å². The molecular weight excluding hydrogens is 270 g/mol. The number of hydrogen-bond acceptors (Lipinski definition) is 4. The van der Waals surface area contributed by atoms with Crippen molar-refractivity contribution in [1.82, 2.24) is 0 Å². The van der Waals surface area contributed by atoms with Crippen LogP contribution in [0.2, 0.25) is 0 Å². The van der Waals surface area contributed by atoms with Crippen LogP contribution in [0.1, 0.15) is 12.5 Å². The van der Waals surface area contributed by atoms with E-state index in [1.165, 1.54) is 9.79 Å². The lowest BCUT2D eigenvalue weighted by Gasteiger charge is -2.04. The molecule has 1 N–H and O–H groups in total. The van der Waals surface area contributed by atoms with Gasteiger partial charge in [-0.05, 0) is 36.8 Å². The van der Waals surface area contributed by atoms with E-state index in [2.05, 4.69) is 29.4 Å². The molecule has 0 unspecified atom stereocenters. The zero-order valence-corrected chi connectivity index (χ0v) is 12.1. The van der Waals surface area contributed by atoms with E-state index in [0.29, 0.717) is 0 Å². The third-order valence-corrected chi connectivity index (χ3v) is 3.65. The van der Waals surface area contributed by atoms with Crippen molar-refractivity contribution in [2.24, 2.45) is 5.16 Å². The standard InChI is InChI=1S/C16H17NO2S/c1-13(17-19-12-11-18)14-7-9-16(10-8-14)20-15-5-3-2-4-6-15/h2-10,18H,11-12H2,1H3. The van der Waals surface area contributed by atoms with E-state index < -0.39 is 0 Å². The first-order valence-electron chi connectivity index (χ1n) is 6.40. The molecule has 2 aromatic carbocycles. The molecule has 0 amide bonds. The molecule has 2 rings (SSSR count). The smallest absolute Gasteiger partial charge is 0.140 e. The molecule has 3 nitrogen and oxygen atoms in total. The maximum Gasteiger partial charge on any atom is 0.140 e. The van der Waals surface area contributed by atoms with Crippen molar-refractivity contribution < 1.29 is 9.94 Å². The minimum atomic E-state index is -0.0244. The number of aliphatic hydroxyl groups is 1. The molecule has 0 aliphatic heterocycles. The molecule has 0 heterocycles. The predicted molar refractivity (Wildman–Crippen MR) is 82.3 cm³/mol. The summed E-state index contributed by atoms with van der Waals surface area (Å²) in [5, 5.41) is 12.6. The lowest BCUT2D eigenvalue weighted by Crippen LogP contribution is -1.99. The number of hydrogen-bond donors (Lipinski definition) is 1. The van der Waals surface area contributed by atoms with Gasteiger partial charge in [0.05, 0.1) is 12.3 Å². The maximum atomic E-state index is 8.63. The van der Waals surface area contributed by atoms with Crippen molar-refractivity contribution in [2.45, 2.75) is 16.7 Å². The highest BCUT2D eigenvalue weighted by molar-refractivity contribution is 7.99. The number of nitrogens with zero attached hydrogens (tertiary/aromatic N) is 1. The molecule has 0 atom stereocenters. The zero-order valence-electron chi connectivity index (χ0n) is 11.3. The molecule has 0 aliphatic carbocycles. The quantitative estimate of drug-likeness (QED) is 0.502. The van der Waals surface area contributed by atoms with E-state index >= 15 is 0 Å². The monoisotopic (exact) mass is 287 g/mol. The van der Waals surface area contributed by atoms with Crippen LogP contribution in [-0.4, -0.2) is 24.0 Å². The minimum Gasteiger partial charge on any atom is -0.393 e. The SMILES string of the molecule is CC(=NOCCO)c1ccc(Sc2ccccc2)cc1. The normalized spacial score (nSPS) is 11.4. The van der Waals surface area contributed by atoms with Crippen molar-refractivity contribution >= 4 is 17.5 Å². The first kappa shape index (κ1) is 14.6. The highest BCUT2D eigenvalue weighted by Gasteiger charge is 2.00. The van der Waals surface area contributed by atoms with E-state index in [9.17, 15) is 0 Å². The minimum absolute atomic E-state index is 0.0244. The van der Waals surface area contributed by atoms with E-state index in [1.807, 2.05) is 37.3 Å². The Morgan fingerprint density at radius 1 is 1.05 bits per heavy atom. The van der Waals surface area contributed by atoms with Crippen LogP contribution in [0.15, 0.2) is 69.5 Å². The fraction of sp³-hybridized carbons (Fsp3) is 0.188.